The maximum absolute atomic E-state index is 15.4. The van der Waals surface area contributed by atoms with Crippen LogP contribution in [0.5, 0.6) is 0 Å². The second kappa shape index (κ2) is 10.4. The number of ketones is 1. The Morgan fingerprint density at radius 3 is 2.32 bits per heavy atom. The van der Waals surface area contributed by atoms with E-state index in [-0.39, 0.29) is 24.7 Å². The number of Topliss-reactive ketones (excluding diaryl/α,β-unsaturated/α-hetero) is 1. The third-order valence-corrected chi connectivity index (χ3v) is 19.6. The molecule has 0 aromatic heterocycles. The van der Waals surface area contributed by atoms with E-state index in [1.807, 2.05) is 26.8 Å². The summed E-state index contributed by atoms with van der Waals surface area (Å²) in [5.74, 6) is -2.36. The second-order valence-electron chi connectivity index (χ2n) is 15.3. The maximum atomic E-state index is 15.4. The molecular weight excluding hydrogens is 597 g/mol. The highest BCUT2D eigenvalue weighted by Crippen LogP contribution is 2.62. The number of benzene rings is 1. The molecule has 0 radical (unpaired) electrons. The maximum Gasteiger partial charge on any atom is 0.338 e. The zero-order valence-electron chi connectivity index (χ0n) is 27.1. The van der Waals surface area contributed by atoms with Crippen molar-refractivity contribution in [1.82, 2.24) is 0 Å². The van der Waals surface area contributed by atoms with Crippen LogP contribution in [0.1, 0.15) is 57.3 Å². The molecule has 3 aliphatic carbocycles. The molecule has 2 saturated heterocycles. The molecule has 9 nitrogen and oxygen atoms in total. The zero-order chi connectivity index (χ0) is 32.0. The first-order valence-electron chi connectivity index (χ1n) is 15.8. The SMILES string of the molecule is CC(=O)O[C@@]12CO[C@@H]1CC1O[Si](C)(C)C[Si](C)(C)OC3C(=O)[C@@]1(C)C2[C@H](OC(=O)c1ccccc1)[C@@]1(O)CC3=C(C)[C@@H](C)C1. The van der Waals surface area contributed by atoms with Crippen LogP contribution < -0.4 is 0 Å². The molecule has 2 aliphatic heterocycles. The number of carbonyl (C=O) groups excluding carboxylic acids is 3. The lowest BCUT2D eigenvalue weighted by Crippen LogP contribution is -2.80. The number of ether oxygens (including phenoxy) is 3. The number of esters is 2. The lowest BCUT2D eigenvalue weighted by molar-refractivity contribution is -0.339. The molecule has 0 spiro atoms. The molecule has 9 atom stereocenters. The van der Waals surface area contributed by atoms with Crippen LogP contribution in [0.25, 0.3) is 0 Å². The van der Waals surface area contributed by atoms with Crippen molar-refractivity contribution in [2.24, 2.45) is 17.3 Å². The van der Waals surface area contributed by atoms with Gasteiger partial charge in [0.25, 0.3) is 0 Å². The standard InChI is InChI=1S/C33H46O9Si2/c1-19-15-32(37)16-23(20(19)2)26-28(35)31(4)24(41-43(5,6)18-44(7,8)42-26)14-25-33(17-38-25,40-21(3)34)27(31)29(32)39-30(36)22-12-10-9-11-13-22/h9-13,19,24-27,29,37H,14-18H2,1-8H3/t19-,24?,25+,26?,27?,29-,31+,32-,33-/m0/s1. The van der Waals surface area contributed by atoms with Crippen molar-refractivity contribution in [1.29, 1.82) is 0 Å². The van der Waals surface area contributed by atoms with Crippen molar-refractivity contribution in [3.05, 3.63) is 47.0 Å². The molecule has 44 heavy (non-hydrogen) atoms. The van der Waals surface area contributed by atoms with E-state index >= 15 is 4.79 Å². The summed E-state index contributed by atoms with van der Waals surface area (Å²) >= 11 is 0. The number of hydrogen-bond acceptors (Lipinski definition) is 9. The minimum Gasteiger partial charge on any atom is -0.455 e. The van der Waals surface area contributed by atoms with Gasteiger partial charge in [0.15, 0.2) is 28.0 Å². The van der Waals surface area contributed by atoms with Crippen LogP contribution in [-0.4, -0.2) is 81.7 Å². The number of hydrogen-bond donors (Lipinski definition) is 1. The van der Waals surface area contributed by atoms with E-state index in [0.717, 1.165) is 16.8 Å². The summed E-state index contributed by atoms with van der Waals surface area (Å²) in [6.07, 6.45) is -2.55. The van der Waals surface area contributed by atoms with E-state index in [1.165, 1.54) is 6.92 Å². The van der Waals surface area contributed by atoms with Crippen molar-refractivity contribution >= 4 is 34.4 Å². The number of rotatable bonds is 3. The van der Waals surface area contributed by atoms with Gasteiger partial charge in [-0.3, -0.25) is 9.59 Å². The Balaban J connectivity index is 1.64. The molecule has 5 aliphatic rings. The predicted molar refractivity (Wildman–Crippen MR) is 167 cm³/mol. The lowest BCUT2D eigenvalue weighted by Gasteiger charge is -2.66. The fraction of sp³-hybridized carbons (Fsp3) is 0.667. The van der Waals surface area contributed by atoms with E-state index in [9.17, 15) is 14.7 Å². The van der Waals surface area contributed by atoms with Crippen LogP contribution in [0.2, 0.25) is 31.9 Å². The van der Waals surface area contributed by atoms with Crippen LogP contribution in [0.15, 0.2) is 41.5 Å². The Morgan fingerprint density at radius 1 is 1.05 bits per heavy atom. The normalized spacial score (nSPS) is 42.2. The fourth-order valence-corrected chi connectivity index (χ4v) is 20.1. The van der Waals surface area contributed by atoms with Crippen LogP contribution in [-0.2, 0) is 32.7 Å². The molecule has 2 saturated carbocycles. The number of fused-ring (bicyclic) bond motifs is 6. The van der Waals surface area contributed by atoms with Gasteiger partial charge in [-0.05, 0) is 75.7 Å². The summed E-state index contributed by atoms with van der Waals surface area (Å²) in [7, 11) is -4.89. The van der Waals surface area contributed by atoms with Crippen LogP contribution in [0.3, 0.4) is 0 Å². The number of carbonyl (C=O) groups is 3. The highest BCUT2D eigenvalue weighted by Gasteiger charge is 2.76. The van der Waals surface area contributed by atoms with E-state index in [0.29, 0.717) is 18.4 Å². The minimum atomic E-state index is -2.46. The van der Waals surface area contributed by atoms with Gasteiger partial charge in [0, 0.05) is 19.8 Å². The average molecular weight is 643 g/mol. The molecule has 1 N–H and O–H groups in total. The van der Waals surface area contributed by atoms with Gasteiger partial charge in [0.05, 0.1) is 29.6 Å². The summed E-state index contributed by atoms with van der Waals surface area (Å²) in [4.78, 5) is 42.1. The van der Waals surface area contributed by atoms with Gasteiger partial charge in [-0.25, -0.2) is 4.79 Å². The van der Waals surface area contributed by atoms with Crippen molar-refractivity contribution in [3.8, 4) is 0 Å². The van der Waals surface area contributed by atoms with E-state index in [4.69, 9.17) is 23.1 Å². The van der Waals surface area contributed by atoms with E-state index in [2.05, 4.69) is 26.2 Å². The van der Waals surface area contributed by atoms with Crippen molar-refractivity contribution in [2.45, 2.75) is 114 Å². The zero-order valence-corrected chi connectivity index (χ0v) is 29.1. The molecule has 240 valence electrons. The number of aliphatic hydroxyl groups is 1. The highest BCUT2D eigenvalue weighted by atomic mass is 28.4. The quantitative estimate of drug-likeness (QED) is 0.284. The Kier molecular flexibility index (Phi) is 7.54. The van der Waals surface area contributed by atoms with E-state index < -0.39 is 75.5 Å². The van der Waals surface area contributed by atoms with Crippen molar-refractivity contribution < 1.29 is 42.6 Å². The number of allylic oxidation sites excluding steroid dienone is 1. The summed E-state index contributed by atoms with van der Waals surface area (Å²) in [6, 6.07) is 8.64. The van der Waals surface area contributed by atoms with Crippen LogP contribution in [0.4, 0.5) is 0 Å². The molecule has 1 aromatic rings. The minimum absolute atomic E-state index is 0.0246. The Morgan fingerprint density at radius 2 is 1.70 bits per heavy atom. The molecular formula is C33H46O9Si2. The van der Waals surface area contributed by atoms with Crippen molar-refractivity contribution in [3.63, 3.8) is 0 Å². The largest absolute Gasteiger partial charge is 0.455 e. The molecule has 0 amide bonds. The van der Waals surface area contributed by atoms with Crippen LogP contribution in [0, 0.1) is 17.3 Å². The van der Waals surface area contributed by atoms with Gasteiger partial charge >= 0.3 is 11.9 Å². The highest BCUT2D eigenvalue weighted by molar-refractivity contribution is 6.89. The summed E-state index contributed by atoms with van der Waals surface area (Å²) in [5, 5.41) is 12.9. The second-order valence-corrected chi connectivity index (χ2v) is 24.2. The summed E-state index contributed by atoms with van der Waals surface area (Å²) < 4.78 is 32.8. The van der Waals surface area contributed by atoms with Gasteiger partial charge in [0.1, 0.15) is 23.9 Å². The topological polar surface area (TPSA) is 118 Å². The summed E-state index contributed by atoms with van der Waals surface area (Å²) in [5.41, 5.74) is -1.32. The molecule has 4 fully saturated rings. The molecule has 2 heterocycles. The third-order valence-electron chi connectivity index (χ3n) is 11.0. The van der Waals surface area contributed by atoms with Crippen LogP contribution >= 0.6 is 0 Å². The van der Waals surface area contributed by atoms with Gasteiger partial charge < -0.3 is 28.2 Å². The molecule has 1 aromatic carbocycles. The summed E-state index contributed by atoms with van der Waals surface area (Å²) in [6.45, 7) is 15.9. The average Bonchev–Trinajstić information content (AvgIpc) is 2.93. The predicted octanol–water partition coefficient (Wildman–Crippen LogP) is 4.73. The lowest BCUT2D eigenvalue weighted by atomic mass is 9.48. The third kappa shape index (κ3) is 4.89. The fourth-order valence-electron chi connectivity index (χ4n) is 9.23. The first-order chi connectivity index (χ1) is 20.4. The first kappa shape index (κ1) is 31.8. The van der Waals surface area contributed by atoms with Crippen molar-refractivity contribution in [2.75, 3.05) is 6.61 Å². The molecule has 6 rings (SSSR count). The van der Waals surface area contributed by atoms with Gasteiger partial charge in [-0.2, -0.15) is 0 Å². The monoisotopic (exact) mass is 642 g/mol. The smallest absolute Gasteiger partial charge is 0.338 e. The Labute approximate surface area is 261 Å². The molecule has 4 bridgehead atoms. The van der Waals surface area contributed by atoms with Gasteiger partial charge in [0.2, 0.25) is 0 Å². The van der Waals surface area contributed by atoms with E-state index in [1.54, 1.807) is 24.3 Å². The van der Waals surface area contributed by atoms with Gasteiger partial charge in [-0.1, -0.05) is 30.7 Å². The van der Waals surface area contributed by atoms with Gasteiger partial charge in [-0.15, -0.1) is 0 Å². The molecule has 11 heteroatoms. The Bertz CT molecular complexity index is 1410. The molecule has 3 unspecified atom stereocenters. The first-order valence-corrected chi connectivity index (χ1v) is 22.0. The Hall–Kier alpha value is -2.16.